The minimum absolute atomic E-state index is 0.185. The molecule has 0 N–H and O–H groups in total. The van der Waals surface area contributed by atoms with Gasteiger partial charge in [-0.25, -0.2) is 0 Å². The van der Waals surface area contributed by atoms with Gasteiger partial charge in [0.1, 0.15) is 0 Å². The van der Waals surface area contributed by atoms with E-state index in [0.29, 0.717) is 6.61 Å². The minimum Gasteiger partial charge on any atom is -0.382 e. The van der Waals surface area contributed by atoms with Gasteiger partial charge in [-0.15, -0.1) is 0 Å². The highest BCUT2D eigenvalue weighted by atomic mass is 16.5. The van der Waals surface area contributed by atoms with E-state index < -0.39 is 0 Å². The summed E-state index contributed by atoms with van der Waals surface area (Å²) in [4.78, 5) is 0. The third-order valence-corrected chi connectivity index (χ3v) is 1.32. The lowest BCUT2D eigenvalue weighted by molar-refractivity contribution is 0.0186. The largest absolute Gasteiger partial charge is 0.382 e. The summed E-state index contributed by atoms with van der Waals surface area (Å²) in [6, 6.07) is 0. The highest BCUT2D eigenvalue weighted by Crippen LogP contribution is 2.09. The van der Waals surface area contributed by atoms with Crippen molar-refractivity contribution in [2.75, 3.05) is 13.7 Å². The lowest BCUT2D eigenvalue weighted by Gasteiger charge is -2.08. The number of ether oxygens (including phenoxy) is 2. The van der Waals surface area contributed by atoms with E-state index in [0.717, 1.165) is 0 Å². The van der Waals surface area contributed by atoms with Gasteiger partial charge in [0.05, 0.1) is 18.8 Å². The molecule has 0 saturated carbocycles. The van der Waals surface area contributed by atoms with E-state index in [4.69, 9.17) is 9.47 Å². The zero-order valence-electron chi connectivity index (χ0n) is 5.83. The van der Waals surface area contributed by atoms with E-state index in [1.165, 1.54) is 0 Å². The van der Waals surface area contributed by atoms with Crippen LogP contribution in [0.3, 0.4) is 0 Å². The van der Waals surface area contributed by atoms with Crippen molar-refractivity contribution in [1.29, 1.82) is 0 Å². The van der Waals surface area contributed by atoms with Crippen molar-refractivity contribution >= 4 is 0 Å². The third-order valence-electron chi connectivity index (χ3n) is 1.32. The molecule has 1 aliphatic heterocycles. The van der Waals surface area contributed by atoms with Crippen LogP contribution in [0.25, 0.3) is 0 Å². The van der Waals surface area contributed by atoms with Gasteiger partial charge in [-0.1, -0.05) is 12.2 Å². The van der Waals surface area contributed by atoms with E-state index in [2.05, 4.69) is 0 Å². The Morgan fingerprint density at radius 1 is 1.56 bits per heavy atom. The van der Waals surface area contributed by atoms with Crippen LogP contribution in [-0.2, 0) is 9.47 Å². The van der Waals surface area contributed by atoms with Crippen molar-refractivity contribution in [2.24, 2.45) is 0 Å². The average Bonchev–Trinajstić information content (AvgIpc) is 2.17. The van der Waals surface area contributed by atoms with Crippen LogP contribution in [0.1, 0.15) is 6.92 Å². The Kier molecular flexibility index (Phi) is 2.25. The first kappa shape index (κ1) is 6.78. The first-order chi connectivity index (χ1) is 4.33. The van der Waals surface area contributed by atoms with Gasteiger partial charge in [0.2, 0.25) is 0 Å². The highest BCUT2D eigenvalue weighted by Gasteiger charge is 2.13. The third kappa shape index (κ3) is 1.80. The molecule has 0 aromatic carbocycles. The summed E-state index contributed by atoms with van der Waals surface area (Å²) in [7, 11) is 1.68. The number of rotatable bonds is 2. The standard InChI is InChI=1S/C7H12O2/c1-6-3-4-7(9-6)5-8-2/h3-4,6-7H,5H2,1-2H3. The molecule has 2 atom stereocenters. The zero-order valence-corrected chi connectivity index (χ0v) is 5.83. The summed E-state index contributed by atoms with van der Waals surface area (Å²) in [5, 5.41) is 0. The molecule has 0 spiro atoms. The van der Waals surface area contributed by atoms with Crippen LogP contribution in [0.15, 0.2) is 12.2 Å². The summed E-state index contributed by atoms with van der Waals surface area (Å²) in [6.07, 6.45) is 4.54. The summed E-state index contributed by atoms with van der Waals surface area (Å²) < 4.78 is 10.3. The van der Waals surface area contributed by atoms with Crippen molar-refractivity contribution in [3.8, 4) is 0 Å². The molecule has 0 aromatic heterocycles. The van der Waals surface area contributed by atoms with Crippen molar-refractivity contribution < 1.29 is 9.47 Å². The fraction of sp³-hybridized carbons (Fsp3) is 0.714. The molecule has 1 aliphatic rings. The SMILES string of the molecule is COCC1C=CC(C)O1. The second-order valence-corrected chi connectivity index (χ2v) is 2.22. The maximum atomic E-state index is 5.37. The van der Waals surface area contributed by atoms with Gasteiger partial charge in [-0.05, 0) is 6.92 Å². The second kappa shape index (κ2) is 2.99. The summed E-state index contributed by atoms with van der Waals surface area (Å²) in [6.45, 7) is 2.69. The predicted octanol–water partition coefficient (Wildman–Crippen LogP) is 0.976. The topological polar surface area (TPSA) is 18.5 Å². The van der Waals surface area contributed by atoms with Gasteiger partial charge in [0.15, 0.2) is 0 Å². The van der Waals surface area contributed by atoms with Crippen LogP contribution in [0.5, 0.6) is 0 Å². The summed E-state index contributed by atoms with van der Waals surface area (Å²) in [5.74, 6) is 0. The molecule has 0 aliphatic carbocycles. The molecule has 0 aromatic rings. The number of hydrogen-bond acceptors (Lipinski definition) is 2. The summed E-state index contributed by atoms with van der Waals surface area (Å²) >= 11 is 0. The molecule has 1 heterocycles. The number of methoxy groups -OCH3 is 1. The Labute approximate surface area is 55.5 Å². The molecule has 2 unspecified atom stereocenters. The van der Waals surface area contributed by atoms with Crippen LogP contribution in [-0.4, -0.2) is 25.9 Å². The molecule has 52 valence electrons. The minimum atomic E-state index is 0.185. The maximum absolute atomic E-state index is 5.37. The normalized spacial score (nSPS) is 33.6. The van der Waals surface area contributed by atoms with Crippen LogP contribution in [0, 0.1) is 0 Å². The van der Waals surface area contributed by atoms with Gasteiger partial charge in [-0.3, -0.25) is 0 Å². The molecule has 0 saturated heterocycles. The molecule has 2 nitrogen and oxygen atoms in total. The molecule has 0 bridgehead atoms. The van der Waals surface area contributed by atoms with E-state index in [-0.39, 0.29) is 12.2 Å². The van der Waals surface area contributed by atoms with Gasteiger partial charge < -0.3 is 9.47 Å². The van der Waals surface area contributed by atoms with Crippen molar-refractivity contribution in [3.63, 3.8) is 0 Å². The smallest absolute Gasteiger partial charge is 0.0997 e. The van der Waals surface area contributed by atoms with Crippen LogP contribution < -0.4 is 0 Å². The van der Waals surface area contributed by atoms with E-state index in [1.54, 1.807) is 7.11 Å². The van der Waals surface area contributed by atoms with Gasteiger partial charge >= 0.3 is 0 Å². The molecule has 0 radical (unpaired) electrons. The average molecular weight is 128 g/mol. The Morgan fingerprint density at radius 3 is 2.78 bits per heavy atom. The molecule has 2 heteroatoms. The zero-order chi connectivity index (χ0) is 6.69. The molecular weight excluding hydrogens is 116 g/mol. The lowest BCUT2D eigenvalue weighted by Crippen LogP contribution is -2.14. The van der Waals surface area contributed by atoms with Crippen LogP contribution in [0.2, 0.25) is 0 Å². The van der Waals surface area contributed by atoms with E-state index in [1.807, 2.05) is 19.1 Å². The maximum Gasteiger partial charge on any atom is 0.0997 e. The Morgan fingerprint density at radius 2 is 2.33 bits per heavy atom. The Balaban J connectivity index is 2.24. The van der Waals surface area contributed by atoms with Crippen molar-refractivity contribution in [1.82, 2.24) is 0 Å². The monoisotopic (exact) mass is 128 g/mol. The predicted molar refractivity (Wildman–Crippen MR) is 35.4 cm³/mol. The van der Waals surface area contributed by atoms with Crippen LogP contribution >= 0.6 is 0 Å². The quantitative estimate of drug-likeness (QED) is 0.516. The Hall–Kier alpha value is -0.340. The number of hydrogen-bond donors (Lipinski definition) is 0. The second-order valence-electron chi connectivity index (χ2n) is 2.22. The molecule has 0 amide bonds. The fourth-order valence-electron chi connectivity index (χ4n) is 0.906. The molecule has 1 rings (SSSR count). The first-order valence-electron chi connectivity index (χ1n) is 3.15. The van der Waals surface area contributed by atoms with Crippen LogP contribution in [0.4, 0.5) is 0 Å². The fourth-order valence-corrected chi connectivity index (χ4v) is 0.906. The van der Waals surface area contributed by atoms with Crippen molar-refractivity contribution in [3.05, 3.63) is 12.2 Å². The summed E-state index contributed by atoms with van der Waals surface area (Å²) in [5.41, 5.74) is 0. The van der Waals surface area contributed by atoms with Gasteiger partial charge in [0, 0.05) is 7.11 Å². The van der Waals surface area contributed by atoms with Gasteiger partial charge in [0.25, 0.3) is 0 Å². The van der Waals surface area contributed by atoms with Gasteiger partial charge in [-0.2, -0.15) is 0 Å². The molecule has 9 heavy (non-hydrogen) atoms. The van der Waals surface area contributed by atoms with Crippen molar-refractivity contribution in [2.45, 2.75) is 19.1 Å². The first-order valence-corrected chi connectivity index (χ1v) is 3.15. The van der Waals surface area contributed by atoms with E-state index in [9.17, 15) is 0 Å². The molecule has 0 fully saturated rings. The highest BCUT2D eigenvalue weighted by molar-refractivity contribution is 5.00. The lowest BCUT2D eigenvalue weighted by atomic mass is 10.3. The molecular formula is C7H12O2. The van der Waals surface area contributed by atoms with E-state index >= 15 is 0 Å². The Bertz CT molecular complexity index is 109.